The second kappa shape index (κ2) is 12.6. The summed E-state index contributed by atoms with van der Waals surface area (Å²) in [5.41, 5.74) is 2.98. The van der Waals surface area contributed by atoms with Crippen molar-refractivity contribution in [2.75, 3.05) is 18.5 Å². The van der Waals surface area contributed by atoms with Gasteiger partial charge in [-0.3, -0.25) is 14.2 Å². The van der Waals surface area contributed by atoms with Crippen LogP contribution in [0.25, 0.3) is 6.08 Å². The maximum absolute atomic E-state index is 14.0. The van der Waals surface area contributed by atoms with Gasteiger partial charge in [0.25, 0.3) is 11.5 Å². The summed E-state index contributed by atoms with van der Waals surface area (Å²) in [7, 11) is 0. The molecule has 3 aromatic carbocycles. The van der Waals surface area contributed by atoms with Gasteiger partial charge in [0.05, 0.1) is 44.0 Å². The van der Waals surface area contributed by atoms with Crippen LogP contribution in [0.3, 0.4) is 0 Å². The van der Waals surface area contributed by atoms with Crippen molar-refractivity contribution < 1.29 is 14.3 Å². The summed E-state index contributed by atoms with van der Waals surface area (Å²) in [6, 6.07) is 19.9. The lowest BCUT2D eigenvalue weighted by Crippen LogP contribution is -2.40. The van der Waals surface area contributed by atoms with Crippen LogP contribution in [0.1, 0.15) is 37.9 Å². The van der Waals surface area contributed by atoms with Crippen molar-refractivity contribution in [2.45, 2.75) is 26.8 Å². The molecule has 4 aromatic rings. The molecule has 1 N–H and O–H groups in total. The van der Waals surface area contributed by atoms with Crippen LogP contribution in [-0.2, 0) is 4.79 Å². The Hall–Kier alpha value is -3.47. The number of allylic oxidation sites excluding steroid dienone is 1. The Morgan fingerprint density at radius 1 is 1.02 bits per heavy atom. The number of amides is 1. The number of aromatic nitrogens is 1. The fraction of sp³-hybridized carbons (Fsp3) is 0.194. The molecule has 1 atom stereocenters. The van der Waals surface area contributed by atoms with Crippen molar-refractivity contribution in [3.8, 4) is 11.5 Å². The fourth-order valence-electron chi connectivity index (χ4n) is 4.66. The van der Waals surface area contributed by atoms with Gasteiger partial charge < -0.3 is 14.8 Å². The summed E-state index contributed by atoms with van der Waals surface area (Å²) >= 11 is 8.43. The number of thiazole rings is 1. The van der Waals surface area contributed by atoms with Gasteiger partial charge in [0, 0.05) is 5.69 Å². The number of para-hydroxylation sites is 1. The Balaban J connectivity index is 1.64. The first-order valence-electron chi connectivity index (χ1n) is 13.0. The predicted octanol–water partition coefficient (Wildman–Crippen LogP) is 6.20. The number of carbonyl (C=O) groups is 1. The van der Waals surface area contributed by atoms with Crippen LogP contribution >= 0.6 is 43.2 Å². The first kappa shape index (κ1) is 29.0. The normalized spacial score (nSPS) is 14.9. The highest BCUT2D eigenvalue weighted by molar-refractivity contribution is 9.11. The maximum Gasteiger partial charge on any atom is 0.271 e. The lowest BCUT2D eigenvalue weighted by atomic mass is 9.95. The summed E-state index contributed by atoms with van der Waals surface area (Å²) in [6.45, 7) is 6.71. The quantitative estimate of drug-likeness (QED) is 0.238. The van der Waals surface area contributed by atoms with E-state index in [0.717, 1.165) is 20.1 Å². The molecule has 0 saturated carbocycles. The van der Waals surface area contributed by atoms with E-state index in [2.05, 4.69) is 37.2 Å². The SMILES string of the molecule is CCOc1ccc([C@@H]2C(C(=O)Nc3ccccc3)=C(C)N=c3s/c(=C\c4cc(Br)c(OCC)c(Br)c4)c(=O)n32)cc1. The van der Waals surface area contributed by atoms with Gasteiger partial charge in [-0.05, 0) is 106 Å². The lowest BCUT2D eigenvalue weighted by Gasteiger charge is -2.25. The van der Waals surface area contributed by atoms with E-state index in [0.29, 0.717) is 51.0 Å². The Morgan fingerprint density at radius 2 is 1.68 bits per heavy atom. The molecule has 0 radical (unpaired) electrons. The molecule has 1 aromatic heterocycles. The predicted molar refractivity (Wildman–Crippen MR) is 169 cm³/mol. The highest BCUT2D eigenvalue weighted by atomic mass is 79.9. The second-order valence-corrected chi connectivity index (χ2v) is 11.9. The molecule has 0 unspecified atom stereocenters. The molecule has 0 spiro atoms. The number of nitrogens with one attached hydrogen (secondary N) is 1. The molecule has 0 saturated heterocycles. The molecule has 1 aliphatic rings. The lowest BCUT2D eigenvalue weighted by molar-refractivity contribution is -0.113. The number of anilines is 1. The minimum atomic E-state index is -0.674. The van der Waals surface area contributed by atoms with Crippen molar-refractivity contribution in [2.24, 2.45) is 4.99 Å². The molecule has 7 nitrogen and oxygen atoms in total. The first-order valence-corrected chi connectivity index (χ1v) is 15.4. The van der Waals surface area contributed by atoms with Crippen molar-refractivity contribution in [3.05, 3.63) is 118 Å². The monoisotopic (exact) mass is 695 g/mol. The van der Waals surface area contributed by atoms with E-state index in [1.54, 1.807) is 11.5 Å². The Kier molecular flexibility index (Phi) is 8.91. The molecule has 5 rings (SSSR count). The van der Waals surface area contributed by atoms with Crippen LogP contribution in [0, 0.1) is 0 Å². The molecule has 210 valence electrons. The van der Waals surface area contributed by atoms with Gasteiger partial charge in [-0.2, -0.15) is 0 Å². The van der Waals surface area contributed by atoms with Gasteiger partial charge in [-0.15, -0.1) is 0 Å². The minimum absolute atomic E-state index is 0.230. The number of fused-ring (bicyclic) bond motifs is 1. The van der Waals surface area contributed by atoms with E-state index < -0.39 is 6.04 Å². The van der Waals surface area contributed by atoms with Gasteiger partial charge in [-0.25, -0.2) is 4.99 Å². The number of nitrogens with zero attached hydrogens (tertiary/aromatic N) is 2. The van der Waals surface area contributed by atoms with Crippen molar-refractivity contribution in [1.82, 2.24) is 4.57 Å². The molecular formula is C31H27Br2N3O4S. The summed E-state index contributed by atoms with van der Waals surface area (Å²) in [4.78, 5) is 33.0. The smallest absolute Gasteiger partial charge is 0.271 e. The third kappa shape index (κ3) is 6.10. The number of halogens is 2. The van der Waals surface area contributed by atoms with Crippen molar-refractivity contribution >= 4 is 60.9 Å². The highest BCUT2D eigenvalue weighted by Crippen LogP contribution is 2.35. The number of hydrogen-bond donors (Lipinski definition) is 1. The van der Waals surface area contributed by atoms with E-state index >= 15 is 0 Å². The van der Waals surface area contributed by atoms with Crippen LogP contribution < -0.4 is 29.7 Å². The molecule has 1 aliphatic heterocycles. The zero-order chi connectivity index (χ0) is 29.1. The number of carbonyl (C=O) groups excluding carboxylic acids is 1. The standard InChI is InChI=1S/C31H27Br2N3O4S/c1-4-39-22-13-11-20(12-14-22)27-26(29(37)35-21-9-7-6-8-10-21)18(3)34-31-36(27)30(38)25(41-31)17-19-15-23(32)28(40-5-2)24(33)16-19/h6-17,27H,4-5H2,1-3H3,(H,35,37)/b25-17-/t27-/m1/s1. The summed E-state index contributed by atoms with van der Waals surface area (Å²) in [5, 5.41) is 2.97. The van der Waals surface area contributed by atoms with Crippen LogP contribution in [0.4, 0.5) is 5.69 Å². The van der Waals surface area contributed by atoms with Crippen molar-refractivity contribution in [3.63, 3.8) is 0 Å². The van der Waals surface area contributed by atoms with Gasteiger partial charge in [0.15, 0.2) is 4.80 Å². The van der Waals surface area contributed by atoms with Gasteiger partial charge in [0.2, 0.25) is 0 Å². The van der Waals surface area contributed by atoms with Crippen LogP contribution in [-0.4, -0.2) is 23.7 Å². The van der Waals surface area contributed by atoms with Crippen LogP contribution in [0.2, 0.25) is 0 Å². The maximum atomic E-state index is 14.0. The second-order valence-electron chi connectivity index (χ2n) is 9.15. The van der Waals surface area contributed by atoms with Gasteiger partial charge >= 0.3 is 0 Å². The fourth-order valence-corrected chi connectivity index (χ4v) is 7.15. The van der Waals surface area contributed by atoms with Crippen LogP contribution in [0.5, 0.6) is 11.5 Å². The Bertz CT molecular complexity index is 1790. The summed E-state index contributed by atoms with van der Waals surface area (Å²) < 4.78 is 15.0. The summed E-state index contributed by atoms with van der Waals surface area (Å²) in [5.74, 6) is 1.10. The van der Waals surface area contributed by atoms with Crippen LogP contribution in [0.15, 0.2) is 96.7 Å². The third-order valence-electron chi connectivity index (χ3n) is 6.41. The molecular weight excluding hydrogens is 670 g/mol. The van der Waals surface area contributed by atoms with E-state index in [1.807, 2.05) is 86.7 Å². The summed E-state index contributed by atoms with van der Waals surface area (Å²) in [6.07, 6.45) is 1.83. The zero-order valence-corrected chi connectivity index (χ0v) is 26.6. The van der Waals surface area contributed by atoms with E-state index in [1.165, 1.54) is 11.3 Å². The molecule has 0 aliphatic carbocycles. The van der Waals surface area contributed by atoms with E-state index in [9.17, 15) is 9.59 Å². The number of ether oxygens (including phenoxy) is 2. The average molecular weight is 697 g/mol. The Morgan fingerprint density at radius 3 is 2.32 bits per heavy atom. The largest absolute Gasteiger partial charge is 0.494 e. The van der Waals surface area contributed by atoms with E-state index in [-0.39, 0.29) is 11.5 Å². The van der Waals surface area contributed by atoms with Gasteiger partial charge in [-0.1, -0.05) is 41.7 Å². The number of hydrogen-bond acceptors (Lipinski definition) is 6. The molecule has 0 bridgehead atoms. The Labute approximate surface area is 258 Å². The van der Waals surface area contributed by atoms with E-state index in [4.69, 9.17) is 14.5 Å². The number of benzene rings is 3. The number of rotatable bonds is 8. The molecule has 2 heterocycles. The third-order valence-corrected chi connectivity index (χ3v) is 8.57. The zero-order valence-electron chi connectivity index (χ0n) is 22.6. The highest BCUT2D eigenvalue weighted by Gasteiger charge is 2.32. The van der Waals surface area contributed by atoms with Crippen molar-refractivity contribution in [1.29, 1.82) is 0 Å². The minimum Gasteiger partial charge on any atom is -0.494 e. The topological polar surface area (TPSA) is 81.9 Å². The molecule has 0 fully saturated rings. The molecule has 1 amide bonds. The first-order chi connectivity index (χ1) is 19.8. The van der Waals surface area contributed by atoms with Gasteiger partial charge in [0.1, 0.15) is 11.5 Å². The molecule has 10 heteroatoms. The average Bonchev–Trinajstić information content (AvgIpc) is 3.25. The molecule has 41 heavy (non-hydrogen) atoms.